The van der Waals surface area contributed by atoms with E-state index in [1.165, 1.54) is 0 Å². The Morgan fingerprint density at radius 3 is 1.57 bits per heavy atom. The van der Waals surface area contributed by atoms with Crippen LogP contribution in [-0.2, 0) is 28.9 Å². The van der Waals surface area contributed by atoms with Crippen LogP contribution in [0.1, 0.15) is 26.7 Å². The van der Waals surface area contributed by atoms with Crippen LogP contribution in [0.4, 0.5) is 0 Å². The molecule has 2 atom stereocenters. The Kier molecular flexibility index (Phi) is 8.61. The maximum Gasteiger partial charge on any atom is 0.330 e. The van der Waals surface area contributed by atoms with Crippen LogP contribution in [0.5, 0.6) is 0 Å². The summed E-state index contributed by atoms with van der Waals surface area (Å²) in [6.45, 7) is 9.75. The minimum atomic E-state index is -3.29. The third-order valence-corrected chi connectivity index (χ3v) is 4.35. The van der Waals surface area contributed by atoms with Gasteiger partial charge >= 0.3 is 11.9 Å². The lowest BCUT2D eigenvalue weighted by Crippen LogP contribution is -2.22. The first-order chi connectivity index (χ1) is 9.70. The number of carbonyl (C=O) groups excluding carboxylic acids is 2. The van der Waals surface area contributed by atoms with Gasteiger partial charge in [-0.05, 0) is 26.7 Å². The highest BCUT2D eigenvalue weighted by atomic mass is 32.2. The van der Waals surface area contributed by atoms with Crippen molar-refractivity contribution < 1.29 is 27.5 Å². The van der Waals surface area contributed by atoms with E-state index in [-0.39, 0.29) is 24.3 Å². The quantitative estimate of drug-likeness (QED) is 0.447. The highest BCUT2D eigenvalue weighted by Gasteiger charge is 2.17. The van der Waals surface area contributed by atoms with Gasteiger partial charge in [0.15, 0.2) is 9.84 Å². The van der Waals surface area contributed by atoms with E-state index in [2.05, 4.69) is 13.2 Å². The zero-order chi connectivity index (χ0) is 16.5. The molecule has 2 unspecified atom stereocenters. The minimum absolute atomic E-state index is 0.0965. The summed E-state index contributed by atoms with van der Waals surface area (Å²) < 4.78 is 33.4. The number of carbonyl (C=O) groups is 2. The van der Waals surface area contributed by atoms with Crippen molar-refractivity contribution in [2.75, 3.05) is 11.5 Å². The number of hydrogen-bond donors (Lipinski definition) is 0. The molecule has 21 heavy (non-hydrogen) atoms. The molecule has 0 amide bonds. The molecule has 0 N–H and O–H groups in total. The van der Waals surface area contributed by atoms with Crippen LogP contribution in [-0.4, -0.2) is 44.1 Å². The van der Waals surface area contributed by atoms with Crippen LogP contribution in [0.2, 0.25) is 0 Å². The van der Waals surface area contributed by atoms with Crippen LogP contribution < -0.4 is 0 Å². The monoisotopic (exact) mass is 318 g/mol. The summed E-state index contributed by atoms with van der Waals surface area (Å²) >= 11 is 0. The smallest absolute Gasteiger partial charge is 0.330 e. The molecule has 0 heterocycles. The maximum absolute atomic E-state index is 11.8. The molecule has 0 saturated carbocycles. The van der Waals surface area contributed by atoms with Crippen LogP contribution in [0.3, 0.4) is 0 Å². The fourth-order valence-electron chi connectivity index (χ4n) is 1.40. The van der Waals surface area contributed by atoms with Gasteiger partial charge in [-0.15, -0.1) is 0 Å². The third-order valence-electron chi connectivity index (χ3n) is 2.64. The summed E-state index contributed by atoms with van der Waals surface area (Å²) in [5, 5.41) is 0. The molecule has 7 heteroatoms. The molecular weight excluding hydrogens is 296 g/mol. The SMILES string of the molecule is C=CC(=O)OC(C)CCS(=O)(=O)CCC(C)OC(=O)C=C. The Balaban J connectivity index is 4.14. The first-order valence-electron chi connectivity index (χ1n) is 6.56. The summed E-state index contributed by atoms with van der Waals surface area (Å²) in [5.74, 6) is -1.35. The third kappa shape index (κ3) is 9.84. The van der Waals surface area contributed by atoms with Crippen molar-refractivity contribution in [2.24, 2.45) is 0 Å². The summed E-state index contributed by atoms with van der Waals surface area (Å²) in [5.41, 5.74) is 0. The summed E-state index contributed by atoms with van der Waals surface area (Å²) in [6, 6.07) is 0. The van der Waals surface area contributed by atoms with E-state index in [1.807, 2.05) is 0 Å². The Morgan fingerprint density at radius 1 is 0.952 bits per heavy atom. The molecule has 0 aliphatic heterocycles. The standard InChI is InChI=1S/C14H22O6S/c1-5-13(15)19-11(3)7-9-21(17,18)10-8-12(4)20-14(16)6-2/h5-6,11-12H,1-2,7-10H2,3-4H3. The van der Waals surface area contributed by atoms with Gasteiger partial charge in [-0.1, -0.05) is 13.2 Å². The molecule has 0 aromatic rings. The second kappa shape index (κ2) is 9.33. The molecule has 0 fully saturated rings. The van der Waals surface area contributed by atoms with Gasteiger partial charge in [0.1, 0.15) is 12.2 Å². The Morgan fingerprint density at radius 2 is 1.29 bits per heavy atom. The first kappa shape index (κ1) is 19.4. The topological polar surface area (TPSA) is 86.7 Å². The molecule has 0 saturated heterocycles. The zero-order valence-electron chi connectivity index (χ0n) is 12.4. The fourth-order valence-corrected chi connectivity index (χ4v) is 2.99. The van der Waals surface area contributed by atoms with Crippen molar-refractivity contribution in [3.63, 3.8) is 0 Å². The lowest BCUT2D eigenvalue weighted by molar-refractivity contribution is -0.143. The van der Waals surface area contributed by atoms with E-state index < -0.39 is 34.0 Å². The van der Waals surface area contributed by atoms with Gasteiger partial charge in [0.25, 0.3) is 0 Å². The average Bonchev–Trinajstić information content (AvgIpc) is 2.43. The molecular formula is C14H22O6S. The maximum atomic E-state index is 11.8. The molecule has 120 valence electrons. The number of sulfone groups is 1. The highest BCUT2D eigenvalue weighted by Crippen LogP contribution is 2.07. The second-order valence-electron chi connectivity index (χ2n) is 4.63. The van der Waals surface area contributed by atoms with E-state index in [0.29, 0.717) is 0 Å². The highest BCUT2D eigenvalue weighted by molar-refractivity contribution is 7.91. The first-order valence-corrected chi connectivity index (χ1v) is 8.38. The largest absolute Gasteiger partial charge is 0.459 e. The van der Waals surface area contributed by atoms with Crippen molar-refractivity contribution in [3.05, 3.63) is 25.3 Å². The van der Waals surface area contributed by atoms with Gasteiger partial charge in [0.05, 0.1) is 11.5 Å². The molecule has 0 aliphatic carbocycles. The molecule has 0 radical (unpaired) electrons. The van der Waals surface area contributed by atoms with Crippen molar-refractivity contribution in [2.45, 2.75) is 38.9 Å². The summed E-state index contributed by atoms with van der Waals surface area (Å²) in [7, 11) is -3.29. The van der Waals surface area contributed by atoms with Gasteiger partial charge in [-0.25, -0.2) is 18.0 Å². The molecule has 0 aromatic heterocycles. The molecule has 6 nitrogen and oxygen atoms in total. The van der Waals surface area contributed by atoms with Crippen molar-refractivity contribution >= 4 is 21.8 Å². The second-order valence-corrected chi connectivity index (χ2v) is 6.94. The lowest BCUT2D eigenvalue weighted by Gasteiger charge is -2.14. The normalized spacial score (nSPS) is 13.8. The van der Waals surface area contributed by atoms with Crippen LogP contribution in [0.25, 0.3) is 0 Å². The van der Waals surface area contributed by atoms with Crippen LogP contribution in [0, 0.1) is 0 Å². The molecule has 0 aromatic carbocycles. The van der Waals surface area contributed by atoms with Crippen molar-refractivity contribution in [3.8, 4) is 0 Å². The van der Waals surface area contributed by atoms with Gasteiger partial charge in [-0.3, -0.25) is 0 Å². The van der Waals surface area contributed by atoms with E-state index in [1.54, 1.807) is 13.8 Å². The number of hydrogen-bond acceptors (Lipinski definition) is 6. The lowest BCUT2D eigenvalue weighted by atomic mass is 10.3. The molecule has 0 rings (SSSR count). The van der Waals surface area contributed by atoms with Gasteiger partial charge in [-0.2, -0.15) is 0 Å². The molecule has 0 spiro atoms. The predicted octanol–water partition coefficient (Wildman–Crippen LogP) is 1.42. The summed E-state index contributed by atoms with van der Waals surface area (Å²) in [4.78, 5) is 21.9. The number of esters is 2. The van der Waals surface area contributed by atoms with E-state index in [4.69, 9.17) is 9.47 Å². The molecule has 0 bridgehead atoms. The predicted molar refractivity (Wildman–Crippen MR) is 79.4 cm³/mol. The van der Waals surface area contributed by atoms with Crippen molar-refractivity contribution in [1.29, 1.82) is 0 Å². The fraction of sp³-hybridized carbons (Fsp3) is 0.571. The Labute approximate surface area is 125 Å². The van der Waals surface area contributed by atoms with Crippen LogP contribution in [0.15, 0.2) is 25.3 Å². The van der Waals surface area contributed by atoms with Gasteiger partial charge in [0.2, 0.25) is 0 Å². The molecule has 0 aliphatic rings. The number of rotatable bonds is 10. The van der Waals surface area contributed by atoms with E-state index in [9.17, 15) is 18.0 Å². The van der Waals surface area contributed by atoms with Gasteiger partial charge < -0.3 is 9.47 Å². The van der Waals surface area contributed by atoms with Crippen molar-refractivity contribution in [1.82, 2.24) is 0 Å². The van der Waals surface area contributed by atoms with Crippen LogP contribution >= 0.6 is 0 Å². The summed E-state index contributed by atoms with van der Waals surface area (Å²) in [6.07, 6.45) is 1.48. The Bertz CT molecular complexity index is 442. The van der Waals surface area contributed by atoms with Gasteiger partial charge in [0, 0.05) is 12.2 Å². The average molecular weight is 318 g/mol. The zero-order valence-corrected chi connectivity index (χ0v) is 13.2. The Hall–Kier alpha value is -1.63. The van der Waals surface area contributed by atoms with E-state index in [0.717, 1.165) is 12.2 Å². The van der Waals surface area contributed by atoms with E-state index >= 15 is 0 Å². The number of ether oxygens (including phenoxy) is 2. The minimum Gasteiger partial charge on any atom is -0.459 e.